The maximum Gasteiger partial charge on any atom is 2.00 e. The minimum Gasteiger partial charge on any atom is -1.00 e. The summed E-state index contributed by atoms with van der Waals surface area (Å²) in [5.74, 6) is 0. The molecule has 0 N–H and O–H groups in total. The second kappa shape index (κ2) is 26.7. The van der Waals surface area contributed by atoms with Gasteiger partial charge in [0.2, 0.25) is 0 Å². The molecule has 74 heavy (non-hydrogen) atoms. The van der Waals surface area contributed by atoms with E-state index in [1.165, 1.54) is 97.9 Å². The Morgan fingerprint density at radius 1 is 0.311 bits per heavy atom. The van der Waals surface area contributed by atoms with Crippen molar-refractivity contribution in [3.05, 3.63) is 313 Å². The molecule has 0 bridgehead atoms. The SMILES string of the molecule is [F-].[F-].[Ti+2].[Ti+2].[c-]1cccc2c1Cc1ccccc1-2.[c-]1cccc2c1Cc1ccccc1-2.c1ccc(P(c2ccccc2)c2cc3ccccc3[cH-]2)cc1.c1ccc(P(c2ccccc2)c2cc3ccccc3[cH-]2)cc1. The smallest absolute Gasteiger partial charge is 1.00 e. The van der Waals surface area contributed by atoms with E-state index >= 15 is 0 Å². The van der Waals surface area contributed by atoms with E-state index in [9.17, 15) is 0 Å². The first-order valence-electron chi connectivity index (χ1n) is 24.0. The first-order valence-corrected chi connectivity index (χ1v) is 26.7. The third-order valence-electron chi connectivity index (χ3n) is 13.0. The Balaban J connectivity index is 0.000000145. The molecule has 2 aliphatic rings. The van der Waals surface area contributed by atoms with Gasteiger partial charge in [0, 0.05) is 0 Å². The molecule has 0 fully saturated rings. The topological polar surface area (TPSA) is 0 Å². The zero-order chi connectivity index (χ0) is 46.9. The molecule has 0 radical (unpaired) electrons. The molecule has 0 aromatic heterocycles. The maximum atomic E-state index is 3.30. The molecular weight excluding hydrogens is 1010 g/mol. The standard InChI is InChI=1S/2C21H16P.2C13H9.2FH.2Ti/c2*1-3-11-19(12-4-1)22(20-13-5-2-6-14-20)21-15-17-9-7-8-10-18(17)16-21;2*1-3-7-12-10(5-1)9-11-6-2-4-8-13(11)12;;;;/h2*1-16H;2*1-5,7-8H,9H2;2*1H;;/q4*-1;;;2*+2/p-2. The molecule has 0 amide bonds. The van der Waals surface area contributed by atoms with Crippen LogP contribution in [0.1, 0.15) is 22.3 Å². The van der Waals surface area contributed by atoms with E-state index in [4.69, 9.17) is 0 Å². The molecule has 0 spiro atoms. The number of halogens is 2. The fraction of sp³-hybridized carbons (Fsp3) is 0.0294. The summed E-state index contributed by atoms with van der Waals surface area (Å²) in [7, 11) is -0.986. The summed E-state index contributed by atoms with van der Waals surface area (Å²) >= 11 is 0. The third-order valence-corrected chi connectivity index (χ3v) is 17.8. The van der Waals surface area contributed by atoms with Crippen LogP contribution in [0.3, 0.4) is 0 Å². The van der Waals surface area contributed by atoms with Gasteiger partial charge in [-0.1, -0.05) is 204 Å². The molecule has 0 aliphatic heterocycles. The zero-order valence-corrected chi connectivity index (χ0v) is 45.5. The van der Waals surface area contributed by atoms with Crippen LogP contribution in [-0.2, 0) is 56.3 Å². The number of benzene rings is 10. The Hall–Kier alpha value is -6.43. The van der Waals surface area contributed by atoms with Crippen LogP contribution in [0.15, 0.2) is 279 Å². The number of rotatable bonds is 6. The first-order chi connectivity index (χ1) is 34.7. The molecule has 356 valence electrons. The van der Waals surface area contributed by atoms with Crippen molar-refractivity contribution < 1.29 is 52.8 Å². The van der Waals surface area contributed by atoms with Crippen LogP contribution in [0, 0.1) is 12.1 Å². The van der Waals surface area contributed by atoms with Crippen LogP contribution >= 0.6 is 15.8 Å². The summed E-state index contributed by atoms with van der Waals surface area (Å²) in [6.07, 6.45) is 2.10. The van der Waals surface area contributed by atoms with Crippen LogP contribution in [0.25, 0.3) is 43.8 Å². The Labute approximate surface area is 466 Å². The molecule has 2 aliphatic carbocycles. The van der Waals surface area contributed by atoms with Crippen molar-refractivity contribution in [2.75, 3.05) is 0 Å². The molecule has 14 rings (SSSR count). The maximum absolute atomic E-state index is 3.30. The fourth-order valence-corrected chi connectivity index (χ4v) is 14.5. The molecule has 0 saturated heterocycles. The second-order valence-electron chi connectivity index (χ2n) is 17.5. The van der Waals surface area contributed by atoms with Gasteiger partial charge in [0.05, 0.1) is 0 Å². The van der Waals surface area contributed by atoms with Gasteiger partial charge >= 0.3 is 43.4 Å². The summed E-state index contributed by atoms with van der Waals surface area (Å²) in [6, 6.07) is 106. The van der Waals surface area contributed by atoms with Crippen molar-refractivity contribution in [2.24, 2.45) is 0 Å². The molecule has 0 heterocycles. The van der Waals surface area contributed by atoms with Gasteiger partial charge in [0.25, 0.3) is 0 Å². The van der Waals surface area contributed by atoms with Crippen LogP contribution in [-0.4, -0.2) is 0 Å². The largest absolute Gasteiger partial charge is 2.00 e. The average Bonchev–Trinajstić information content (AvgIpc) is 4.24. The van der Waals surface area contributed by atoms with E-state index in [0.717, 1.165) is 12.8 Å². The summed E-state index contributed by atoms with van der Waals surface area (Å²) in [5.41, 5.74) is 11.0. The number of fused-ring (bicyclic) bond motifs is 8. The van der Waals surface area contributed by atoms with Gasteiger partial charge in [-0.2, -0.15) is 71.8 Å². The second-order valence-corrected chi connectivity index (χ2v) is 21.9. The summed E-state index contributed by atoms with van der Waals surface area (Å²) in [5, 5.41) is 13.8. The Morgan fingerprint density at radius 3 is 0.959 bits per heavy atom. The van der Waals surface area contributed by atoms with Gasteiger partial charge in [-0.15, -0.1) is 91.8 Å². The van der Waals surface area contributed by atoms with E-state index in [0.29, 0.717) is 0 Å². The minimum absolute atomic E-state index is 0. The van der Waals surface area contributed by atoms with Crippen molar-refractivity contribution in [3.63, 3.8) is 0 Å². The van der Waals surface area contributed by atoms with E-state index in [-0.39, 0.29) is 52.8 Å². The van der Waals surface area contributed by atoms with Crippen LogP contribution < -0.4 is 41.2 Å². The molecule has 0 nitrogen and oxygen atoms in total. The fourth-order valence-electron chi connectivity index (χ4n) is 9.72. The predicted molar refractivity (Wildman–Crippen MR) is 304 cm³/mol. The van der Waals surface area contributed by atoms with Gasteiger partial charge in [-0.05, 0) is 49.9 Å². The molecule has 0 atom stereocenters. The summed E-state index contributed by atoms with van der Waals surface area (Å²) in [4.78, 5) is 0. The van der Waals surface area contributed by atoms with E-state index < -0.39 is 15.8 Å². The molecule has 12 aromatic rings. The van der Waals surface area contributed by atoms with Crippen LogP contribution in [0.4, 0.5) is 0 Å². The predicted octanol–water partition coefficient (Wildman–Crippen LogP) is 8.75. The van der Waals surface area contributed by atoms with Crippen LogP contribution in [0.5, 0.6) is 0 Å². The van der Waals surface area contributed by atoms with Gasteiger partial charge < -0.3 is 9.41 Å². The van der Waals surface area contributed by atoms with Gasteiger partial charge in [0.15, 0.2) is 0 Å². The Bertz CT molecular complexity index is 3160. The normalized spacial score (nSPS) is 10.9. The summed E-state index contributed by atoms with van der Waals surface area (Å²) in [6.45, 7) is 0. The monoisotopic (exact) mass is 1060 g/mol. The number of hydrogen-bond acceptors (Lipinski definition) is 0. The minimum atomic E-state index is -0.493. The quantitative estimate of drug-likeness (QED) is 0.0889. The van der Waals surface area contributed by atoms with Crippen molar-refractivity contribution in [1.29, 1.82) is 0 Å². The first kappa shape index (κ1) is 55.3. The van der Waals surface area contributed by atoms with E-state index in [1.807, 2.05) is 12.1 Å². The third kappa shape index (κ3) is 12.6. The van der Waals surface area contributed by atoms with Crippen LogP contribution in [0.2, 0.25) is 0 Å². The van der Waals surface area contributed by atoms with Gasteiger partial charge in [-0.3, -0.25) is 0 Å². The summed E-state index contributed by atoms with van der Waals surface area (Å²) < 4.78 is 0. The average molecular weight is 1060 g/mol. The Morgan fingerprint density at radius 2 is 0.608 bits per heavy atom. The molecule has 0 saturated carbocycles. The van der Waals surface area contributed by atoms with Crippen molar-refractivity contribution >= 4 is 69.2 Å². The van der Waals surface area contributed by atoms with Crippen molar-refractivity contribution in [3.8, 4) is 22.3 Å². The van der Waals surface area contributed by atoms with E-state index in [1.54, 1.807) is 0 Å². The van der Waals surface area contributed by atoms with Gasteiger partial charge in [-0.25, -0.2) is 0 Å². The van der Waals surface area contributed by atoms with Crippen molar-refractivity contribution in [1.82, 2.24) is 0 Å². The molecule has 0 unspecified atom stereocenters. The number of hydrogen-bond donors (Lipinski definition) is 0. The van der Waals surface area contributed by atoms with Gasteiger partial charge in [0.1, 0.15) is 0 Å². The Kier molecular flexibility index (Phi) is 19.9. The molecular formula is C68H50F2P2Ti2-2. The zero-order valence-electron chi connectivity index (χ0n) is 40.6. The van der Waals surface area contributed by atoms with E-state index in [2.05, 4.69) is 279 Å². The molecule has 6 heteroatoms. The molecule has 12 aromatic carbocycles. The van der Waals surface area contributed by atoms with Crippen molar-refractivity contribution in [2.45, 2.75) is 12.8 Å².